The first-order valence-corrected chi connectivity index (χ1v) is 7.20. The number of carbonyl (C=O) groups is 1. The highest BCUT2D eigenvalue weighted by molar-refractivity contribution is 5.73. The van der Waals surface area contributed by atoms with Gasteiger partial charge in [-0.3, -0.25) is 0 Å². The second-order valence-electron chi connectivity index (χ2n) is 4.76. The molecule has 0 aliphatic heterocycles. The van der Waals surface area contributed by atoms with Crippen molar-refractivity contribution in [2.75, 3.05) is 20.3 Å². The van der Waals surface area contributed by atoms with Crippen LogP contribution in [0.2, 0.25) is 0 Å². The molecule has 2 amide bonds. The number of amides is 2. The molecule has 122 valence electrons. The Kier molecular flexibility index (Phi) is 6.23. The zero-order valence-electron chi connectivity index (χ0n) is 12.8. The van der Waals surface area contributed by atoms with E-state index in [1.54, 1.807) is 25.3 Å². The van der Waals surface area contributed by atoms with Crippen LogP contribution in [0.25, 0.3) is 0 Å². The van der Waals surface area contributed by atoms with Crippen molar-refractivity contribution in [3.63, 3.8) is 0 Å². The third-order valence-corrected chi connectivity index (χ3v) is 3.06. The van der Waals surface area contributed by atoms with Crippen molar-refractivity contribution in [1.82, 2.24) is 10.6 Å². The zero-order chi connectivity index (χ0) is 16.5. The van der Waals surface area contributed by atoms with E-state index in [1.165, 1.54) is 12.1 Å². The lowest BCUT2D eigenvalue weighted by molar-refractivity contribution is 0.236. The number of urea groups is 1. The Labute approximate surface area is 134 Å². The lowest BCUT2D eigenvalue weighted by atomic mass is 10.2. The smallest absolute Gasteiger partial charge is 0.315 e. The Balaban J connectivity index is 1.63. The van der Waals surface area contributed by atoms with Crippen LogP contribution < -0.4 is 20.1 Å². The van der Waals surface area contributed by atoms with Gasteiger partial charge in [0, 0.05) is 12.6 Å². The molecule has 0 bridgehead atoms. The zero-order valence-corrected chi connectivity index (χ0v) is 12.8. The molecule has 5 nitrogen and oxygen atoms in total. The van der Waals surface area contributed by atoms with E-state index in [1.807, 2.05) is 18.2 Å². The standard InChI is InChI=1S/C17H19FN2O3/c1-22-15-3-2-4-16(11-15)23-10-9-19-17(21)20-12-13-5-7-14(18)8-6-13/h2-8,11H,9-10,12H2,1H3,(H2,19,20,21). The molecule has 23 heavy (non-hydrogen) atoms. The Bertz CT molecular complexity index is 632. The van der Waals surface area contributed by atoms with Crippen LogP contribution in [0, 0.1) is 5.82 Å². The number of hydrogen-bond donors (Lipinski definition) is 2. The van der Waals surface area contributed by atoms with Crippen LogP contribution in [-0.4, -0.2) is 26.3 Å². The second kappa shape index (κ2) is 8.63. The highest BCUT2D eigenvalue weighted by atomic mass is 19.1. The third kappa shape index (κ3) is 5.86. The molecule has 0 aliphatic rings. The minimum Gasteiger partial charge on any atom is -0.497 e. The number of carbonyl (C=O) groups excluding carboxylic acids is 1. The fourth-order valence-corrected chi connectivity index (χ4v) is 1.87. The normalized spacial score (nSPS) is 10.0. The van der Waals surface area contributed by atoms with E-state index < -0.39 is 0 Å². The van der Waals surface area contributed by atoms with Gasteiger partial charge in [0.25, 0.3) is 0 Å². The van der Waals surface area contributed by atoms with Crippen molar-refractivity contribution in [3.05, 3.63) is 59.9 Å². The second-order valence-corrected chi connectivity index (χ2v) is 4.76. The van der Waals surface area contributed by atoms with Crippen LogP contribution in [0.4, 0.5) is 9.18 Å². The summed E-state index contributed by atoms with van der Waals surface area (Å²) in [4.78, 5) is 11.6. The van der Waals surface area contributed by atoms with Gasteiger partial charge in [-0.1, -0.05) is 18.2 Å². The summed E-state index contributed by atoms with van der Waals surface area (Å²) < 4.78 is 23.4. The predicted molar refractivity (Wildman–Crippen MR) is 85.1 cm³/mol. The van der Waals surface area contributed by atoms with Gasteiger partial charge in [0.2, 0.25) is 0 Å². The Morgan fingerprint density at radius 2 is 1.83 bits per heavy atom. The fourth-order valence-electron chi connectivity index (χ4n) is 1.87. The maximum Gasteiger partial charge on any atom is 0.315 e. The van der Waals surface area contributed by atoms with Crippen LogP contribution in [0.3, 0.4) is 0 Å². The molecule has 0 aromatic heterocycles. The monoisotopic (exact) mass is 318 g/mol. The van der Waals surface area contributed by atoms with E-state index >= 15 is 0 Å². The minimum atomic E-state index is -0.302. The van der Waals surface area contributed by atoms with Gasteiger partial charge in [0.15, 0.2) is 0 Å². The van der Waals surface area contributed by atoms with Crippen molar-refractivity contribution >= 4 is 6.03 Å². The molecular weight excluding hydrogens is 299 g/mol. The van der Waals surface area contributed by atoms with Crippen LogP contribution in [0.5, 0.6) is 11.5 Å². The molecule has 0 unspecified atom stereocenters. The summed E-state index contributed by atoms with van der Waals surface area (Å²) >= 11 is 0. The van der Waals surface area contributed by atoms with Crippen molar-refractivity contribution in [2.45, 2.75) is 6.54 Å². The summed E-state index contributed by atoms with van der Waals surface area (Å²) in [6, 6.07) is 12.9. The molecule has 2 aromatic carbocycles. The molecule has 2 aromatic rings. The van der Waals surface area contributed by atoms with Gasteiger partial charge in [-0.25, -0.2) is 9.18 Å². The van der Waals surface area contributed by atoms with Gasteiger partial charge in [0.1, 0.15) is 23.9 Å². The first-order valence-electron chi connectivity index (χ1n) is 7.20. The topological polar surface area (TPSA) is 59.6 Å². The van der Waals surface area contributed by atoms with Gasteiger partial charge >= 0.3 is 6.03 Å². The maximum absolute atomic E-state index is 12.8. The number of halogens is 1. The number of ether oxygens (including phenoxy) is 2. The molecule has 2 N–H and O–H groups in total. The summed E-state index contributed by atoms with van der Waals surface area (Å²) in [5, 5.41) is 5.37. The first kappa shape index (κ1) is 16.6. The van der Waals surface area contributed by atoms with Gasteiger partial charge in [-0.05, 0) is 29.8 Å². The Hall–Kier alpha value is -2.76. The highest BCUT2D eigenvalue weighted by Gasteiger charge is 2.01. The molecule has 2 rings (SSSR count). The first-order chi connectivity index (χ1) is 11.2. The van der Waals surface area contributed by atoms with Crippen molar-refractivity contribution in [2.24, 2.45) is 0 Å². The van der Waals surface area contributed by atoms with E-state index in [-0.39, 0.29) is 11.8 Å². The third-order valence-electron chi connectivity index (χ3n) is 3.06. The van der Waals surface area contributed by atoms with Gasteiger partial charge in [-0.15, -0.1) is 0 Å². The van der Waals surface area contributed by atoms with Gasteiger partial charge in [0.05, 0.1) is 13.7 Å². The highest BCUT2D eigenvalue weighted by Crippen LogP contribution is 2.18. The molecule has 6 heteroatoms. The summed E-state index contributed by atoms with van der Waals surface area (Å²) in [6.07, 6.45) is 0. The van der Waals surface area contributed by atoms with Gasteiger partial charge < -0.3 is 20.1 Å². The van der Waals surface area contributed by atoms with Crippen LogP contribution in [0.15, 0.2) is 48.5 Å². The van der Waals surface area contributed by atoms with Gasteiger partial charge in [-0.2, -0.15) is 0 Å². The molecule has 0 saturated carbocycles. The number of methoxy groups -OCH3 is 1. The quantitative estimate of drug-likeness (QED) is 0.772. The molecular formula is C17H19FN2O3. The molecule has 0 spiro atoms. The average Bonchev–Trinajstić information content (AvgIpc) is 2.58. The van der Waals surface area contributed by atoms with Crippen molar-refractivity contribution in [3.8, 4) is 11.5 Å². The fraction of sp³-hybridized carbons (Fsp3) is 0.235. The average molecular weight is 318 g/mol. The van der Waals surface area contributed by atoms with Crippen LogP contribution >= 0.6 is 0 Å². The Morgan fingerprint density at radius 1 is 1.09 bits per heavy atom. The molecule has 0 saturated heterocycles. The Morgan fingerprint density at radius 3 is 2.57 bits per heavy atom. The predicted octanol–water partition coefficient (Wildman–Crippen LogP) is 2.71. The number of benzene rings is 2. The SMILES string of the molecule is COc1cccc(OCCNC(=O)NCc2ccc(F)cc2)c1. The molecule has 0 radical (unpaired) electrons. The van der Waals surface area contributed by atoms with Crippen molar-refractivity contribution in [1.29, 1.82) is 0 Å². The molecule has 0 atom stereocenters. The molecule has 0 heterocycles. The van der Waals surface area contributed by atoms with E-state index in [4.69, 9.17) is 9.47 Å². The lowest BCUT2D eigenvalue weighted by Crippen LogP contribution is -2.37. The van der Waals surface area contributed by atoms with E-state index in [2.05, 4.69) is 10.6 Å². The molecule has 0 fully saturated rings. The van der Waals surface area contributed by atoms with E-state index in [9.17, 15) is 9.18 Å². The van der Waals surface area contributed by atoms with E-state index in [0.29, 0.717) is 31.2 Å². The lowest BCUT2D eigenvalue weighted by Gasteiger charge is -2.10. The van der Waals surface area contributed by atoms with Crippen molar-refractivity contribution < 1.29 is 18.7 Å². The summed E-state index contributed by atoms with van der Waals surface area (Å²) in [6.45, 7) is 1.05. The number of rotatable bonds is 7. The number of hydrogen-bond acceptors (Lipinski definition) is 3. The largest absolute Gasteiger partial charge is 0.497 e. The summed E-state index contributed by atoms with van der Waals surface area (Å²) in [5.41, 5.74) is 0.828. The van der Waals surface area contributed by atoms with Crippen LogP contribution in [-0.2, 0) is 6.54 Å². The molecule has 0 aliphatic carbocycles. The van der Waals surface area contributed by atoms with Crippen LogP contribution in [0.1, 0.15) is 5.56 Å². The summed E-state index contributed by atoms with van der Waals surface area (Å²) in [5.74, 6) is 1.10. The number of nitrogens with one attached hydrogen (secondary N) is 2. The maximum atomic E-state index is 12.8. The minimum absolute atomic E-state index is 0.298. The summed E-state index contributed by atoms with van der Waals surface area (Å²) in [7, 11) is 1.59. The van der Waals surface area contributed by atoms with E-state index in [0.717, 1.165) is 5.56 Å².